The van der Waals surface area contributed by atoms with Crippen molar-refractivity contribution in [3.8, 4) is 0 Å². The third kappa shape index (κ3) is 4.73. The van der Waals surface area contributed by atoms with Crippen molar-refractivity contribution in [2.45, 2.75) is 42.4 Å². The molecule has 1 heterocycles. The van der Waals surface area contributed by atoms with E-state index in [1.807, 2.05) is 23.9 Å². The van der Waals surface area contributed by atoms with Crippen LogP contribution in [0.25, 0.3) is 0 Å². The highest BCUT2D eigenvalue weighted by molar-refractivity contribution is 8.00. The van der Waals surface area contributed by atoms with Crippen molar-refractivity contribution in [1.82, 2.24) is 10.3 Å². The summed E-state index contributed by atoms with van der Waals surface area (Å²) >= 11 is 3.54. The second kappa shape index (κ2) is 7.80. The van der Waals surface area contributed by atoms with Gasteiger partial charge < -0.3 is 5.32 Å². The minimum atomic E-state index is 0.149. The van der Waals surface area contributed by atoms with E-state index >= 15 is 0 Å². The first-order chi connectivity index (χ1) is 9.29. The number of hydrogen-bond acceptors (Lipinski definition) is 4. The Balaban J connectivity index is 1.75. The average Bonchev–Trinajstić information content (AvgIpc) is 2.85. The van der Waals surface area contributed by atoms with Crippen molar-refractivity contribution in [3.63, 3.8) is 0 Å². The molecule has 1 N–H and O–H groups in total. The lowest BCUT2D eigenvalue weighted by Gasteiger charge is -2.20. The van der Waals surface area contributed by atoms with Crippen molar-refractivity contribution in [1.29, 1.82) is 0 Å². The van der Waals surface area contributed by atoms with Crippen molar-refractivity contribution < 1.29 is 4.79 Å². The summed E-state index contributed by atoms with van der Waals surface area (Å²) in [6.07, 6.45) is 7.11. The van der Waals surface area contributed by atoms with E-state index in [2.05, 4.69) is 17.2 Å². The van der Waals surface area contributed by atoms with Gasteiger partial charge in [0.1, 0.15) is 0 Å². The second-order valence-corrected chi connectivity index (χ2v) is 7.14. The number of pyridine rings is 1. The summed E-state index contributed by atoms with van der Waals surface area (Å²) in [5, 5.41) is 3.80. The van der Waals surface area contributed by atoms with Crippen LogP contribution in [0.15, 0.2) is 29.4 Å². The predicted molar refractivity (Wildman–Crippen MR) is 82.7 cm³/mol. The lowest BCUT2D eigenvalue weighted by atomic mass is 10.2. The molecule has 2 rings (SSSR count). The fraction of sp³-hybridized carbons (Fsp3) is 0.571. The normalized spacial score (nSPS) is 22.4. The van der Waals surface area contributed by atoms with Crippen LogP contribution in [0.1, 0.15) is 26.2 Å². The molecule has 1 aromatic heterocycles. The molecule has 1 fully saturated rings. The second-order valence-electron chi connectivity index (χ2n) is 4.57. The van der Waals surface area contributed by atoms with Crippen LogP contribution in [0.2, 0.25) is 0 Å². The number of amides is 1. The smallest absolute Gasteiger partial charge is 0.230 e. The van der Waals surface area contributed by atoms with Gasteiger partial charge in [0.05, 0.1) is 5.75 Å². The highest BCUT2D eigenvalue weighted by Gasteiger charge is 2.28. The Morgan fingerprint density at radius 3 is 2.95 bits per heavy atom. The quantitative estimate of drug-likeness (QED) is 0.820. The van der Waals surface area contributed by atoms with Gasteiger partial charge in [0.2, 0.25) is 5.91 Å². The van der Waals surface area contributed by atoms with Gasteiger partial charge in [0.15, 0.2) is 0 Å². The molecule has 2 atom stereocenters. The summed E-state index contributed by atoms with van der Waals surface area (Å²) in [6, 6.07) is 4.24. The maximum atomic E-state index is 12.0. The monoisotopic (exact) mass is 296 g/mol. The van der Waals surface area contributed by atoms with Crippen molar-refractivity contribution in [2.75, 3.05) is 11.5 Å². The van der Waals surface area contributed by atoms with Gasteiger partial charge in [-0.2, -0.15) is 11.8 Å². The number of rotatable bonds is 6. The van der Waals surface area contributed by atoms with Crippen LogP contribution >= 0.6 is 23.5 Å². The minimum Gasteiger partial charge on any atom is -0.352 e. The molecule has 0 bridgehead atoms. The number of carbonyl (C=O) groups is 1. The van der Waals surface area contributed by atoms with E-state index in [4.69, 9.17) is 0 Å². The Morgan fingerprint density at radius 2 is 2.21 bits per heavy atom. The molecule has 1 saturated carbocycles. The molecule has 0 aliphatic heterocycles. The summed E-state index contributed by atoms with van der Waals surface area (Å²) in [6.45, 7) is 2.18. The highest BCUT2D eigenvalue weighted by Crippen LogP contribution is 2.30. The number of hydrogen-bond donors (Lipinski definition) is 1. The Morgan fingerprint density at radius 1 is 1.42 bits per heavy atom. The van der Waals surface area contributed by atoms with Gasteiger partial charge in [-0.25, -0.2) is 0 Å². The minimum absolute atomic E-state index is 0.149. The summed E-state index contributed by atoms with van der Waals surface area (Å²) < 4.78 is 0. The third-order valence-electron chi connectivity index (χ3n) is 3.20. The largest absolute Gasteiger partial charge is 0.352 e. The summed E-state index contributed by atoms with van der Waals surface area (Å²) in [5.74, 6) is 1.77. The summed E-state index contributed by atoms with van der Waals surface area (Å²) in [7, 11) is 0. The van der Waals surface area contributed by atoms with E-state index < -0.39 is 0 Å². The molecule has 5 heteroatoms. The maximum absolute atomic E-state index is 12.0. The zero-order chi connectivity index (χ0) is 13.5. The number of carbonyl (C=O) groups excluding carboxylic acids is 1. The zero-order valence-corrected chi connectivity index (χ0v) is 12.8. The molecule has 0 aromatic carbocycles. The SMILES string of the molecule is CCS[C@@H]1CCC[C@@H]1NC(=O)CSc1ccncc1. The van der Waals surface area contributed by atoms with Gasteiger partial charge in [-0.1, -0.05) is 13.3 Å². The molecular weight excluding hydrogens is 276 g/mol. The van der Waals surface area contributed by atoms with Gasteiger partial charge in [0, 0.05) is 28.6 Å². The van der Waals surface area contributed by atoms with Crippen molar-refractivity contribution in [2.24, 2.45) is 0 Å². The molecule has 1 aromatic rings. The molecule has 0 saturated heterocycles. The average molecular weight is 296 g/mol. The molecule has 1 amide bonds. The Bertz CT molecular complexity index is 400. The maximum Gasteiger partial charge on any atom is 0.230 e. The van der Waals surface area contributed by atoms with Crippen molar-refractivity contribution in [3.05, 3.63) is 24.5 Å². The molecule has 1 aliphatic carbocycles. The number of aromatic nitrogens is 1. The van der Waals surface area contributed by atoms with E-state index in [1.165, 1.54) is 12.8 Å². The van der Waals surface area contributed by atoms with Gasteiger partial charge in [-0.05, 0) is 30.7 Å². The van der Waals surface area contributed by atoms with E-state index in [-0.39, 0.29) is 5.91 Å². The number of thioether (sulfide) groups is 2. The van der Waals surface area contributed by atoms with Crippen LogP contribution in [0.4, 0.5) is 0 Å². The van der Waals surface area contributed by atoms with Gasteiger partial charge in [-0.15, -0.1) is 11.8 Å². The van der Waals surface area contributed by atoms with Crippen LogP contribution in [0.5, 0.6) is 0 Å². The van der Waals surface area contributed by atoms with Crippen LogP contribution in [0, 0.1) is 0 Å². The molecule has 1 aliphatic rings. The fourth-order valence-electron chi connectivity index (χ4n) is 2.34. The van der Waals surface area contributed by atoms with E-state index in [9.17, 15) is 4.79 Å². The van der Waals surface area contributed by atoms with Crippen molar-refractivity contribution >= 4 is 29.4 Å². The fourth-order valence-corrected chi connectivity index (χ4v) is 4.23. The lowest BCUT2D eigenvalue weighted by molar-refractivity contribution is -0.119. The number of nitrogens with one attached hydrogen (secondary N) is 1. The summed E-state index contributed by atoms with van der Waals surface area (Å²) in [5.41, 5.74) is 0. The van der Waals surface area contributed by atoms with Crippen LogP contribution < -0.4 is 5.32 Å². The molecule has 3 nitrogen and oxygen atoms in total. The van der Waals surface area contributed by atoms with E-state index in [0.717, 1.165) is 17.1 Å². The van der Waals surface area contributed by atoms with E-state index in [1.54, 1.807) is 24.2 Å². The van der Waals surface area contributed by atoms with Gasteiger partial charge in [-0.3, -0.25) is 9.78 Å². The third-order valence-corrected chi connectivity index (χ3v) is 5.54. The van der Waals surface area contributed by atoms with E-state index in [0.29, 0.717) is 17.0 Å². The first-order valence-electron chi connectivity index (χ1n) is 6.73. The molecule has 104 valence electrons. The Labute approximate surface area is 123 Å². The van der Waals surface area contributed by atoms with Crippen LogP contribution in [0.3, 0.4) is 0 Å². The topological polar surface area (TPSA) is 42.0 Å². The number of nitrogens with zero attached hydrogens (tertiary/aromatic N) is 1. The lowest BCUT2D eigenvalue weighted by Crippen LogP contribution is -2.39. The first-order valence-corrected chi connectivity index (χ1v) is 8.77. The van der Waals surface area contributed by atoms with Gasteiger partial charge >= 0.3 is 0 Å². The Hall–Kier alpha value is -0.680. The standard InChI is InChI=1S/C14H20N2OS2/c1-2-18-13-5-3-4-12(13)16-14(17)10-19-11-6-8-15-9-7-11/h6-9,12-13H,2-5,10H2,1H3,(H,16,17)/t12-,13+/m0/s1. The Kier molecular flexibility index (Phi) is 6.04. The highest BCUT2D eigenvalue weighted by atomic mass is 32.2. The van der Waals surface area contributed by atoms with Crippen LogP contribution in [-0.4, -0.2) is 33.7 Å². The summed E-state index contributed by atoms with van der Waals surface area (Å²) in [4.78, 5) is 17.0. The first kappa shape index (κ1) is 14.7. The predicted octanol–water partition coefficient (Wildman–Crippen LogP) is 2.96. The molecule has 0 unspecified atom stereocenters. The molecular formula is C14H20N2OS2. The zero-order valence-electron chi connectivity index (χ0n) is 11.2. The molecule has 0 radical (unpaired) electrons. The van der Waals surface area contributed by atoms with Gasteiger partial charge in [0.25, 0.3) is 0 Å². The molecule has 19 heavy (non-hydrogen) atoms. The van der Waals surface area contributed by atoms with Crippen LogP contribution in [-0.2, 0) is 4.79 Å². The molecule has 0 spiro atoms.